The van der Waals surface area contributed by atoms with E-state index in [1.165, 1.54) is 4.90 Å². The molecule has 184 valence electrons. The minimum atomic E-state index is -0.837. The summed E-state index contributed by atoms with van der Waals surface area (Å²) in [6.45, 7) is 3.29. The number of fused-ring (bicyclic) bond motifs is 1. The number of anilines is 2. The second-order valence-electron chi connectivity index (χ2n) is 8.35. The zero-order valence-corrected chi connectivity index (χ0v) is 19.6. The van der Waals surface area contributed by atoms with Crippen LogP contribution in [0.1, 0.15) is 12.5 Å². The molecule has 10 nitrogen and oxygen atoms in total. The third-order valence-electron chi connectivity index (χ3n) is 6.01. The number of nitrogens with one attached hydrogen (secondary N) is 2. The van der Waals surface area contributed by atoms with Gasteiger partial charge in [0, 0.05) is 32.6 Å². The van der Waals surface area contributed by atoms with Crippen molar-refractivity contribution < 1.29 is 23.9 Å². The molecular weight excluding hydrogens is 450 g/mol. The molecular formula is C25H29N5O5. The molecule has 10 heteroatoms. The van der Waals surface area contributed by atoms with E-state index in [9.17, 15) is 19.2 Å². The van der Waals surface area contributed by atoms with E-state index in [2.05, 4.69) is 10.6 Å². The van der Waals surface area contributed by atoms with Crippen LogP contribution in [0.3, 0.4) is 0 Å². The van der Waals surface area contributed by atoms with Crippen molar-refractivity contribution in [3.05, 3.63) is 60.2 Å². The topological polar surface area (TPSA) is 111 Å². The molecule has 2 N–H and O–H groups in total. The second kappa shape index (κ2) is 10.9. The van der Waals surface area contributed by atoms with E-state index in [4.69, 9.17) is 4.74 Å². The van der Waals surface area contributed by atoms with Crippen LogP contribution in [0, 0.1) is 0 Å². The summed E-state index contributed by atoms with van der Waals surface area (Å²) in [6.07, 6.45) is -0.0960. The third kappa shape index (κ3) is 5.71. The Morgan fingerprint density at radius 1 is 0.971 bits per heavy atom. The van der Waals surface area contributed by atoms with E-state index in [0.717, 1.165) is 5.56 Å². The molecule has 0 unspecified atom stereocenters. The number of amides is 5. The van der Waals surface area contributed by atoms with Crippen molar-refractivity contribution in [2.24, 2.45) is 0 Å². The average molecular weight is 480 g/mol. The van der Waals surface area contributed by atoms with Crippen LogP contribution in [0.25, 0.3) is 0 Å². The zero-order valence-electron chi connectivity index (χ0n) is 19.6. The van der Waals surface area contributed by atoms with Crippen LogP contribution in [0.5, 0.6) is 0 Å². The molecule has 1 fully saturated rings. The smallest absolute Gasteiger partial charge is 0.409 e. The first-order valence-electron chi connectivity index (χ1n) is 11.7. The van der Waals surface area contributed by atoms with Gasteiger partial charge in [0.15, 0.2) is 0 Å². The summed E-state index contributed by atoms with van der Waals surface area (Å²) in [4.78, 5) is 55.6. The zero-order chi connectivity index (χ0) is 24.8. The van der Waals surface area contributed by atoms with E-state index in [1.807, 2.05) is 30.3 Å². The standard InChI is InChI=1S/C25H29N5O5/c1-2-35-25(34)29-14-12-28(13-15-29)23(32)20(16-18-8-4-3-5-9-18)27-24(33)30-17-22(31)26-19-10-6-7-11-21(19)30/h3-11,20H,2,12-17H2,1H3,(H,26,31)(H,27,33)/t20-/m1/s1. The van der Waals surface area contributed by atoms with Gasteiger partial charge in [-0.3, -0.25) is 14.5 Å². The normalized spacial score (nSPS) is 16.1. The Balaban J connectivity index is 1.49. The molecule has 2 aromatic rings. The lowest BCUT2D eigenvalue weighted by Crippen LogP contribution is -2.58. The Morgan fingerprint density at radius 3 is 2.34 bits per heavy atom. The van der Waals surface area contributed by atoms with Crippen LogP contribution in [-0.4, -0.2) is 79.1 Å². The minimum Gasteiger partial charge on any atom is -0.450 e. The van der Waals surface area contributed by atoms with E-state index in [1.54, 1.807) is 41.0 Å². The van der Waals surface area contributed by atoms with Gasteiger partial charge in [-0.2, -0.15) is 0 Å². The first kappa shape index (κ1) is 24.1. The monoisotopic (exact) mass is 479 g/mol. The summed E-state index contributed by atoms with van der Waals surface area (Å²) in [6, 6.07) is 15.1. The van der Waals surface area contributed by atoms with Gasteiger partial charge in [0.2, 0.25) is 11.8 Å². The highest BCUT2D eigenvalue weighted by Crippen LogP contribution is 2.29. The van der Waals surface area contributed by atoms with Crippen LogP contribution in [-0.2, 0) is 20.7 Å². The van der Waals surface area contributed by atoms with Gasteiger partial charge in [-0.15, -0.1) is 0 Å². The number of nitrogens with zero attached hydrogens (tertiary/aromatic N) is 3. The van der Waals surface area contributed by atoms with Crippen molar-refractivity contribution >= 4 is 35.3 Å². The molecule has 0 saturated carbocycles. The molecule has 2 aliphatic rings. The lowest BCUT2D eigenvalue weighted by molar-refractivity contribution is -0.134. The Bertz CT molecular complexity index is 1080. The number of ether oxygens (including phenoxy) is 1. The molecule has 5 amide bonds. The maximum Gasteiger partial charge on any atom is 0.409 e. The van der Waals surface area contributed by atoms with E-state index in [0.29, 0.717) is 50.6 Å². The minimum absolute atomic E-state index is 0.146. The molecule has 0 bridgehead atoms. The Labute approximate surface area is 203 Å². The number of piperazine rings is 1. The van der Waals surface area contributed by atoms with Gasteiger partial charge in [0.25, 0.3) is 0 Å². The van der Waals surface area contributed by atoms with Crippen molar-refractivity contribution in [1.82, 2.24) is 15.1 Å². The fourth-order valence-electron chi connectivity index (χ4n) is 4.24. The molecule has 0 spiro atoms. The van der Waals surface area contributed by atoms with Crippen LogP contribution < -0.4 is 15.5 Å². The molecule has 0 radical (unpaired) electrons. The molecule has 2 aromatic carbocycles. The van der Waals surface area contributed by atoms with E-state index < -0.39 is 18.2 Å². The Kier molecular flexibility index (Phi) is 7.49. The first-order chi connectivity index (χ1) is 17.0. The number of benzene rings is 2. The second-order valence-corrected chi connectivity index (χ2v) is 8.35. The molecule has 2 heterocycles. The molecule has 2 aliphatic heterocycles. The number of carbonyl (C=O) groups excluding carboxylic acids is 4. The Hall–Kier alpha value is -4.08. The van der Waals surface area contributed by atoms with Crippen molar-refractivity contribution in [3.8, 4) is 0 Å². The SMILES string of the molecule is CCOC(=O)N1CCN(C(=O)[C@@H](Cc2ccccc2)NC(=O)N2CC(=O)Nc3ccccc32)CC1. The fraction of sp³-hybridized carbons (Fsp3) is 0.360. The summed E-state index contributed by atoms with van der Waals surface area (Å²) in [5, 5.41) is 5.61. The van der Waals surface area contributed by atoms with Gasteiger partial charge >= 0.3 is 12.1 Å². The summed E-state index contributed by atoms with van der Waals surface area (Å²) in [5.41, 5.74) is 2.01. The summed E-state index contributed by atoms with van der Waals surface area (Å²) in [5.74, 6) is -0.541. The molecule has 4 rings (SSSR count). The average Bonchev–Trinajstić information content (AvgIpc) is 2.88. The maximum atomic E-state index is 13.5. The number of hydrogen-bond donors (Lipinski definition) is 2. The third-order valence-corrected chi connectivity index (χ3v) is 6.01. The number of para-hydroxylation sites is 2. The predicted octanol–water partition coefficient (Wildman–Crippen LogP) is 2.07. The van der Waals surface area contributed by atoms with Crippen molar-refractivity contribution in [2.45, 2.75) is 19.4 Å². The summed E-state index contributed by atoms with van der Waals surface area (Å²) < 4.78 is 5.05. The molecule has 0 aliphatic carbocycles. The largest absolute Gasteiger partial charge is 0.450 e. The van der Waals surface area contributed by atoms with E-state index >= 15 is 0 Å². The number of rotatable bonds is 5. The highest BCUT2D eigenvalue weighted by atomic mass is 16.6. The van der Waals surface area contributed by atoms with Gasteiger partial charge in [-0.25, -0.2) is 9.59 Å². The maximum absolute atomic E-state index is 13.5. The van der Waals surface area contributed by atoms with Gasteiger partial charge < -0.3 is 25.2 Å². The van der Waals surface area contributed by atoms with Gasteiger partial charge in [0.05, 0.1) is 18.0 Å². The van der Waals surface area contributed by atoms with Crippen molar-refractivity contribution in [1.29, 1.82) is 0 Å². The lowest BCUT2D eigenvalue weighted by Gasteiger charge is -2.36. The van der Waals surface area contributed by atoms with Crippen LogP contribution in [0.4, 0.5) is 21.0 Å². The molecule has 1 saturated heterocycles. The van der Waals surface area contributed by atoms with Crippen molar-refractivity contribution in [2.75, 3.05) is 49.5 Å². The summed E-state index contributed by atoms with van der Waals surface area (Å²) in [7, 11) is 0. The van der Waals surface area contributed by atoms with Gasteiger partial charge in [-0.1, -0.05) is 42.5 Å². The fourth-order valence-corrected chi connectivity index (χ4v) is 4.24. The van der Waals surface area contributed by atoms with Crippen LogP contribution in [0.2, 0.25) is 0 Å². The molecule has 1 atom stereocenters. The predicted molar refractivity (Wildman–Crippen MR) is 130 cm³/mol. The first-order valence-corrected chi connectivity index (χ1v) is 11.7. The van der Waals surface area contributed by atoms with Crippen LogP contribution in [0.15, 0.2) is 54.6 Å². The lowest BCUT2D eigenvalue weighted by atomic mass is 10.0. The van der Waals surface area contributed by atoms with Gasteiger partial charge in [0.1, 0.15) is 12.6 Å². The van der Waals surface area contributed by atoms with E-state index in [-0.39, 0.29) is 18.4 Å². The van der Waals surface area contributed by atoms with Crippen molar-refractivity contribution in [3.63, 3.8) is 0 Å². The summed E-state index contributed by atoms with van der Waals surface area (Å²) >= 11 is 0. The number of urea groups is 1. The highest BCUT2D eigenvalue weighted by Gasteiger charge is 2.33. The quantitative estimate of drug-likeness (QED) is 0.682. The highest BCUT2D eigenvalue weighted by molar-refractivity contribution is 6.10. The van der Waals surface area contributed by atoms with Crippen LogP contribution >= 0.6 is 0 Å². The molecule has 0 aromatic heterocycles. The number of carbonyl (C=O) groups is 4. The molecule has 35 heavy (non-hydrogen) atoms. The van der Waals surface area contributed by atoms with Gasteiger partial charge in [-0.05, 0) is 24.6 Å². The number of hydrogen-bond acceptors (Lipinski definition) is 5. The Morgan fingerprint density at radius 2 is 1.63 bits per heavy atom.